The quantitative estimate of drug-likeness (QED) is 0.0554. The highest BCUT2D eigenvalue weighted by Gasteiger charge is 2.24. The molecule has 0 saturated carbocycles. The maximum atomic E-state index is 13.2. The number of carbonyl (C=O) groups excluding carboxylic acids is 3. The molecule has 13 heteroatoms. The SMILES string of the molecule is C[C@@H](Cc1cccc(CCNC(=O)c2ccc(N(C)C(=O)CCN3CCC(OC(=O)Nc4ccccc4-c4ccccc4)CC3)cc2)c1)NC[C@H](O)c1ccc(O)c2[nH]c(=O)ccc12. The molecule has 0 spiro atoms. The number of hydrogen-bond donors (Lipinski definition) is 6. The van der Waals surface area contributed by atoms with Crippen molar-refractivity contribution in [2.45, 2.75) is 57.3 Å². The molecule has 1 saturated heterocycles. The van der Waals surface area contributed by atoms with Crippen LogP contribution in [-0.2, 0) is 22.4 Å². The van der Waals surface area contributed by atoms with Crippen LogP contribution in [0.3, 0.4) is 0 Å². The largest absolute Gasteiger partial charge is 0.506 e. The summed E-state index contributed by atoms with van der Waals surface area (Å²) in [6.07, 6.45) is 1.57. The number of para-hydroxylation sites is 1. The van der Waals surface area contributed by atoms with Gasteiger partial charge in [-0.3, -0.25) is 19.7 Å². The van der Waals surface area contributed by atoms with Crippen molar-refractivity contribution in [2.24, 2.45) is 0 Å². The average molecular weight is 865 g/mol. The van der Waals surface area contributed by atoms with Gasteiger partial charge in [-0.1, -0.05) is 78.9 Å². The Morgan fingerprint density at radius 3 is 2.39 bits per heavy atom. The number of aliphatic hydroxyl groups excluding tert-OH is 1. The Hall–Kier alpha value is -6.80. The molecule has 7 rings (SSSR count). The van der Waals surface area contributed by atoms with Crippen LogP contribution >= 0.6 is 0 Å². The maximum Gasteiger partial charge on any atom is 0.411 e. The number of anilines is 2. The van der Waals surface area contributed by atoms with Gasteiger partial charge in [0.05, 0.1) is 17.3 Å². The highest BCUT2D eigenvalue weighted by molar-refractivity contribution is 5.96. The lowest BCUT2D eigenvalue weighted by molar-refractivity contribution is -0.118. The number of aromatic hydroxyl groups is 1. The lowest BCUT2D eigenvalue weighted by Gasteiger charge is -2.31. The molecule has 6 N–H and O–H groups in total. The van der Waals surface area contributed by atoms with E-state index >= 15 is 0 Å². The molecule has 1 aromatic heterocycles. The summed E-state index contributed by atoms with van der Waals surface area (Å²) < 4.78 is 5.78. The Balaban J connectivity index is 0.791. The van der Waals surface area contributed by atoms with Crippen LogP contribution in [0, 0.1) is 0 Å². The number of hydrogen-bond acceptors (Lipinski definition) is 9. The van der Waals surface area contributed by atoms with Crippen LogP contribution in [0.4, 0.5) is 16.2 Å². The minimum Gasteiger partial charge on any atom is -0.506 e. The number of aromatic amines is 1. The van der Waals surface area contributed by atoms with Crippen LogP contribution in [-0.4, -0.2) is 89.9 Å². The molecule has 2 atom stereocenters. The number of pyridine rings is 1. The van der Waals surface area contributed by atoms with E-state index in [-0.39, 0.29) is 41.8 Å². The van der Waals surface area contributed by atoms with E-state index in [0.717, 1.165) is 41.8 Å². The van der Waals surface area contributed by atoms with Gasteiger partial charge >= 0.3 is 6.09 Å². The van der Waals surface area contributed by atoms with Gasteiger partial charge in [-0.2, -0.15) is 0 Å². The topological polar surface area (TPSA) is 176 Å². The molecule has 2 heterocycles. The molecule has 1 aliphatic rings. The first-order chi connectivity index (χ1) is 31.0. The van der Waals surface area contributed by atoms with Crippen molar-refractivity contribution < 1.29 is 29.3 Å². The standard InChI is InChI=1S/C51H56N6O7/c1-34(53-33-46(59)42-19-21-45(58)49-43(42)20-22-47(60)55-49)31-36-10-8-9-35(32-36)23-27-52-50(62)38-15-17-39(18-16-38)56(2)48(61)26-30-57-28-24-40(25-29-57)64-51(63)54-44-14-7-6-13-41(44)37-11-4-3-5-12-37/h3-22,32,34,40,46,53,58-59H,23-31,33H2,1-2H3,(H,52,62)(H,54,63)(H,55,60)/t34-,46-/m0/s1. The Bertz CT molecular complexity index is 2590. The second kappa shape index (κ2) is 21.5. The molecular weight excluding hydrogens is 809 g/mol. The number of carbonyl (C=O) groups is 3. The van der Waals surface area contributed by atoms with Gasteiger partial charge in [0, 0.05) is 80.5 Å². The number of benzene rings is 5. The first-order valence-electron chi connectivity index (χ1n) is 21.8. The molecule has 0 bridgehead atoms. The van der Waals surface area contributed by atoms with Gasteiger partial charge in [0.2, 0.25) is 11.5 Å². The number of aromatic nitrogens is 1. The fourth-order valence-electron chi connectivity index (χ4n) is 8.14. The summed E-state index contributed by atoms with van der Waals surface area (Å²) in [5, 5.41) is 31.0. The molecule has 5 aromatic carbocycles. The smallest absolute Gasteiger partial charge is 0.411 e. The molecule has 332 valence electrons. The summed E-state index contributed by atoms with van der Waals surface area (Å²) in [6, 6.07) is 39.0. The van der Waals surface area contributed by atoms with Gasteiger partial charge in [-0.05, 0) is 97.3 Å². The zero-order valence-corrected chi connectivity index (χ0v) is 36.3. The predicted molar refractivity (Wildman–Crippen MR) is 251 cm³/mol. The third-order valence-electron chi connectivity index (χ3n) is 11.7. The van der Waals surface area contributed by atoms with Gasteiger partial charge in [0.25, 0.3) is 5.91 Å². The van der Waals surface area contributed by atoms with E-state index in [9.17, 15) is 29.4 Å². The van der Waals surface area contributed by atoms with E-state index in [1.807, 2.05) is 73.7 Å². The van der Waals surface area contributed by atoms with Crippen LogP contribution in [0.25, 0.3) is 22.0 Å². The summed E-state index contributed by atoms with van der Waals surface area (Å²) in [6.45, 7) is 4.83. The van der Waals surface area contributed by atoms with Gasteiger partial charge in [-0.15, -0.1) is 0 Å². The van der Waals surface area contributed by atoms with Crippen LogP contribution in [0.2, 0.25) is 0 Å². The van der Waals surface area contributed by atoms with Crippen molar-refractivity contribution in [1.29, 1.82) is 0 Å². The van der Waals surface area contributed by atoms with Gasteiger partial charge < -0.3 is 40.4 Å². The second-order valence-electron chi connectivity index (χ2n) is 16.4. The number of nitrogens with one attached hydrogen (secondary N) is 4. The molecule has 0 unspecified atom stereocenters. The van der Waals surface area contributed by atoms with Crippen LogP contribution in [0.15, 0.2) is 132 Å². The molecule has 13 nitrogen and oxygen atoms in total. The van der Waals surface area contributed by atoms with E-state index in [0.29, 0.717) is 72.2 Å². The number of H-pyrrole nitrogens is 1. The number of piperidine rings is 1. The Morgan fingerprint density at radius 2 is 1.61 bits per heavy atom. The summed E-state index contributed by atoms with van der Waals surface area (Å²) in [5.41, 5.74) is 6.64. The van der Waals surface area contributed by atoms with E-state index < -0.39 is 12.2 Å². The fourth-order valence-corrected chi connectivity index (χ4v) is 8.14. The zero-order chi connectivity index (χ0) is 45.0. The number of rotatable bonds is 17. The van der Waals surface area contributed by atoms with E-state index in [1.165, 1.54) is 12.1 Å². The Labute approximate surface area is 373 Å². The number of nitrogens with zero attached hydrogens (tertiary/aromatic N) is 2. The lowest BCUT2D eigenvalue weighted by Crippen LogP contribution is -2.40. The van der Waals surface area contributed by atoms with Crippen molar-refractivity contribution in [2.75, 3.05) is 50.0 Å². The first kappa shape index (κ1) is 45.2. The highest BCUT2D eigenvalue weighted by atomic mass is 16.6. The molecule has 0 radical (unpaired) electrons. The second-order valence-corrected chi connectivity index (χ2v) is 16.4. The molecule has 6 aromatic rings. The monoisotopic (exact) mass is 864 g/mol. The number of amides is 3. The summed E-state index contributed by atoms with van der Waals surface area (Å²) in [5.74, 6) is -0.269. The minimum atomic E-state index is -0.849. The zero-order valence-electron chi connectivity index (χ0n) is 36.3. The van der Waals surface area contributed by atoms with Crippen LogP contribution in [0.5, 0.6) is 5.75 Å². The highest BCUT2D eigenvalue weighted by Crippen LogP contribution is 2.30. The van der Waals surface area contributed by atoms with Crippen molar-refractivity contribution in [1.82, 2.24) is 20.5 Å². The summed E-state index contributed by atoms with van der Waals surface area (Å²) >= 11 is 0. The Kier molecular flexibility index (Phi) is 15.2. The lowest BCUT2D eigenvalue weighted by atomic mass is 10.0. The molecule has 64 heavy (non-hydrogen) atoms. The van der Waals surface area contributed by atoms with Crippen molar-refractivity contribution in [3.8, 4) is 16.9 Å². The van der Waals surface area contributed by atoms with E-state index in [1.54, 1.807) is 48.3 Å². The summed E-state index contributed by atoms with van der Waals surface area (Å²) in [7, 11) is 1.74. The first-order valence-corrected chi connectivity index (χ1v) is 21.8. The van der Waals surface area contributed by atoms with Crippen molar-refractivity contribution in [3.05, 3.63) is 160 Å². The normalized spacial score (nSPS) is 14.1. The Morgan fingerprint density at radius 1 is 0.875 bits per heavy atom. The molecular formula is C51H56N6O7. The van der Waals surface area contributed by atoms with Crippen LogP contribution < -0.4 is 26.4 Å². The third kappa shape index (κ3) is 12.0. The number of phenolic OH excluding ortho intramolecular Hbond substituents is 1. The van der Waals surface area contributed by atoms with Gasteiger partial charge in [0.15, 0.2) is 0 Å². The third-order valence-corrected chi connectivity index (χ3v) is 11.7. The number of ether oxygens (including phenoxy) is 1. The summed E-state index contributed by atoms with van der Waals surface area (Å²) in [4.78, 5) is 57.2. The number of phenols is 1. The number of fused-ring (bicyclic) bond motifs is 1. The molecule has 1 aliphatic heterocycles. The minimum absolute atomic E-state index is 0.0283. The molecule has 0 aliphatic carbocycles. The number of likely N-dealkylation sites (tertiary alicyclic amines) is 1. The van der Waals surface area contributed by atoms with Crippen LogP contribution in [0.1, 0.15) is 59.3 Å². The fraction of sp³-hybridized carbons (Fsp3) is 0.294. The number of aliphatic hydroxyl groups is 1. The van der Waals surface area contributed by atoms with Gasteiger partial charge in [0.1, 0.15) is 11.9 Å². The predicted octanol–water partition coefficient (Wildman–Crippen LogP) is 7.19. The maximum absolute atomic E-state index is 13.2. The molecule has 1 fully saturated rings. The van der Waals surface area contributed by atoms with E-state index in [4.69, 9.17) is 4.74 Å². The van der Waals surface area contributed by atoms with Gasteiger partial charge in [-0.25, -0.2) is 4.79 Å². The average Bonchev–Trinajstić information content (AvgIpc) is 3.31. The van der Waals surface area contributed by atoms with Crippen molar-refractivity contribution >= 4 is 40.2 Å². The van der Waals surface area contributed by atoms with Crippen molar-refractivity contribution in [3.63, 3.8) is 0 Å². The molecule has 3 amide bonds. The van der Waals surface area contributed by atoms with E-state index in [2.05, 4.69) is 38.0 Å².